The van der Waals surface area contributed by atoms with Crippen LogP contribution in [0.5, 0.6) is 0 Å². The summed E-state index contributed by atoms with van der Waals surface area (Å²) < 4.78 is 31.1. The first-order valence-electron chi connectivity index (χ1n) is 7.84. The largest absolute Gasteiger partial charge is 0.457 e. The number of carbonyl (C=O) groups is 1. The second kappa shape index (κ2) is 7.84. The molecule has 0 saturated carbocycles. The van der Waals surface area contributed by atoms with Gasteiger partial charge in [-0.2, -0.15) is 0 Å². The fourth-order valence-electron chi connectivity index (χ4n) is 2.62. The van der Waals surface area contributed by atoms with Gasteiger partial charge in [-0.15, -0.1) is 0 Å². The van der Waals surface area contributed by atoms with E-state index in [4.69, 9.17) is 4.74 Å². The summed E-state index contributed by atoms with van der Waals surface area (Å²) in [6, 6.07) is 4.81. The number of halogens is 2. The number of ether oxygens (including phenoxy) is 1. The fraction of sp³-hybridized carbons (Fsp3) is 0.588. The zero-order valence-corrected chi connectivity index (χ0v) is 13.9. The first-order valence-corrected chi connectivity index (χ1v) is 7.84. The van der Waals surface area contributed by atoms with Crippen LogP contribution in [0.2, 0.25) is 0 Å². The van der Waals surface area contributed by atoms with E-state index < -0.39 is 12.5 Å². The molecular weight excluding hydrogens is 302 g/mol. The van der Waals surface area contributed by atoms with Gasteiger partial charge >= 0.3 is 5.97 Å². The Bertz CT molecular complexity index is 549. The standard InChI is InChI=1S/C17H24F2N2O2/c1-12(16(18)19)21(9-8-20(2)3)7-6-13-4-5-15-14(10-13)11-23-17(15)22/h4-5,10,12,16H,6-9,11H2,1-3H3. The highest BCUT2D eigenvalue weighted by Gasteiger charge is 2.24. The molecule has 1 aromatic carbocycles. The molecule has 1 atom stereocenters. The van der Waals surface area contributed by atoms with Crippen LogP contribution in [0.25, 0.3) is 0 Å². The van der Waals surface area contributed by atoms with Crippen LogP contribution < -0.4 is 0 Å². The lowest BCUT2D eigenvalue weighted by Crippen LogP contribution is -2.43. The van der Waals surface area contributed by atoms with E-state index in [-0.39, 0.29) is 5.97 Å². The number of esters is 1. The minimum atomic E-state index is -2.36. The van der Waals surface area contributed by atoms with Gasteiger partial charge in [0.2, 0.25) is 0 Å². The van der Waals surface area contributed by atoms with Crippen LogP contribution in [-0.2, 0) is 17.8 Å². The lowest BCUT2D eigenvalue weighted by atomic mass is 10.0. The van der Waals surface area contributed by atoms with Crippen molar-refractivity contribution in [2.75, 3.05) is 33.7 Å². The van der Waals surface area contributed by atoms with Crippen molar-refractivity contribution in [1.82, 2.24) is 9.80 Å². The predicted octanol–water partition coefficient (Wildman–Crippen LogP) is 2.42. The van der Waals surface area contributed by atoms with Gasteiger partial charge in [0.05, 0.1) is 11.6 Å². The van der Waals surface area contributed by atoms with Gasteiger partial charge < -0.3 is 9.64 Å². The number of nitrogens with zero attached hydrogens (tertiary/aromatic N) is 2. The molecule has 23 heavy (non-hydrogen) atoms. The zero-order chi connectivity index (χ0) is 17.0. The smallest absolute Gasteiger partial charge is 0.338 e. The van der Waals surface area contributed by atoms with E-state index in [1.54, 1.807) is 13.0 Å². The van der Waals surface area contributed by atoms with Crippen LogP contribution in [0.1, 0.15) is 28.4 Å². The second-order valence-corrected chi connectivity index (χ2v) is 6.23. The van der Waals surface area contributed by atoms with Crippen molar-refractivity contribution < 1.29 is 18.3 Å². The number of hydrogen-bond donors (Lipinski definition) is 0. The van der Waals surface area contributed by atoms with E-state index in [9.17, 15) is 13.6 Å². The highest BCUT2D eigenvalue weighted by atomic mass is 19.3. The molecule has 0 radical (unpaired) electrons. The molecule has 0 amide bonds. The van der Waals surface area contributed by atoms with Gasteiger partial charge in [-0.3, -0.25) is 4.90 Å². The Morgan fingerprint density at radius 2 is 1.96 bits per heavy atom. The Morgan fingerprint density at radius 3 is 2.61 bits per heavy atom. The van der Waals surface area contributed by atoms with Crippen LogP contribution in [0.15, 0.2) is 18.2 Å². The third-order valence-corrected chi connectivity index (χ3v) is 4.21. The third-order valence-electron chi connectivity index (χ3n) is 4.21. The Kier molecular flexibility index (Phi) is 6.07. The van der Waals surface area contributed by atoms with Gasteiger partial charge in [-0.1, -0.05) is 12.1 Å². The van der Waals surface area contributed by atoms with E-state index >= 15 is 0 Å². The monoisotopic (exact) mass is 326 g/mol. The number of rotatable bonds is 8. The van der Waals surface area contributed by atoms with E-state index in [0.717, 1.165) is 17.7 Å². The van der Waals surface area contributed by atoms with Gasteiger partial charge in [0.1, 0.15) is 6.61 Å². The Balaban J connectivity index is 1.98. The van der Waals surface area contributed by atoms with Crippen molar-refractivity contribution in [3.05, 3.63) is 34.9 Å². The molecule has 2 rings (SSSR count). The molecule has 128 valence electrons. The summed E-state index contributed by atoms with van der Waals surface area (Å²) in [6.45, 7) is 3.77. The van der Waals surface area contributed by atoms with E-state index in [1.807, 2.05) is 36.0 Å². The Hall–Kier alpha value is -1.53. The molecule has 0 saturated heterocycles. The number of cyclic esters (lactones) is 1. The van der Waals surface area contributed by atoms with Crippen LogP contribution >= 0.6 is 0 Å². The number of fused-ring (bicyclic) bond motifs is 1. The predicted molar refractivity (Wildman–Crippen MR) is 84.9 cm³/mol. The summed E-state index contributed by atoms with van der Waals surface area (Å²) in [5, 5.41) is 0. The maximum atomic E-state index is 13.0. The number of likely N-dealkylation sites (N-methyl/N-ethyl adjacent to an activating group) is 1. The molecule has 1 unspecified atom stereocenters. The fourth-order valence-corrected chi connectivity index (χ4v) is 2.62. The SMILES string of the molecule is CC(C(F)F)N(CCc1ccc2c(c1)COC2=O)CCN(C)C. The number of carbonyl (C=O) groups excluding carboxylic acids is 1. The Morgan fingerprint density at radius 1 is 1.22 bits per heavy atom. The van der Waals surface area contributed by atoms with Crippen molar-refractivity contribution in [1.29, 1.82) is 0 Å². The average molecular weight is 326 g/mol. The molecule has 0 N–H and O–H groups in total. The van der Waals surface area contributed by atoms with Gasteiger partial charge in [-0.25, -0.2) is 13.6 Å². The van der Waals surface area contributed by atoms with Gasteiger partial charge in [-0.05, 0) is 39.1 Å². The zero-order valence-electron chi connectivity index (χ0n) is 13.9. The maximum absolute atomic E-state index is 13.0. The normalized spacial score (nSPS) is 15.4. The highest BCUT2D eigenvalue weighted by Crippen LogP contribution is 2.21. The summed E-state index contributed by atoms with van der Waals surface area (Å²) in [5.74, 6) is -0.287. The van der Waals surface area contributed by atoms with Crippen LogP contribution in [0.3, 0.4) is 0 Å². The molecule has 0 fully saturated rings. The number of hydrogen-bond acceptors (Lipinski definition) is 4. The summed E-state index contributed by atoms with van der Waals surface area (Å²) in [7, 11) is 3.87. The molecule has 0 bridgehead atoms. The molecule has 0 aromatic heterocycles. The lowest BCUT2D eigenvalue weighted by Gasteiger charge is -2.29. The molecule has 6 heteroatoms. The minimum Gasteiger partial charge on any atom is -0.457 e. The number of alkyl halides is 2. The summed E-state index contributed by atoms with van der Waals surface area (Å²) in [5.41, 5.74) is 2.53. The molecule has 1 heterocycles. The van der Waals surface area contributed by atoms with Gasteiger partial charge in [0.25, 0.3) is 6.43 Å². The van der Waals surface area contributed by atoms with Crippen molar-refractivity contribution in [2.24, 2.45) is 0 Å². The van der Waals surface area contributed by atoms with Gasteiger partial charge in [0, 0.05) is 25.2 Å². The molecule has 0 aliphatic carbocycles. The summed E-state index contributed by atoms with van der Waals surface area (Å²) in [4.78, 5) is 15.2. The third kappa shape index (κ3) is 4.72. The maximum Gasteiger partial charge on any atom is 0.338 e. The van der Waals surface area contributed by atoms with Crippen molar-refractivity contribution in [3.8, 4) is 0 Å². The van der Waals surface area contributed by atoms with E-state index in [0.29, 0.717) is 31.7 Å². The van der Waals surface area contributed by atoms with Crippen molar-refractivity contribution >= 4 is 5.97 Å². The lowest BCUT2D eigenvalue weighted by molar-refractivity contribution is 0.0322. The van der Waals surface area contributed by atoms with E-state index in [1.165, 1.54) is 0 Å². The van der Waals surface area contributed by atoms with E-state index in [2.05, 4.69) is 0 Å². The quantitative estimate of drug-likeness (QED) is 0.687. The first-order chi connectivity index (χ1) is 10.9. The summed E-state index contributed by atoms with van der Waals surface area (Å²) >= 11 is 0. The molecule has 0 spiro atoms. The highest BCUT2D eigenvalue weighted by molar-refractivity contribution is 5.93. The molecule has 1 aromatic rings. The molecular formula is C17H24F2N2O2. The molecule has 4 nitrogen and oxygen atoms in total. The Labute approximate surface area is 136 Å². The topological polar surface area (TPSA) is 32.8 Å². The average Bonchev–Trinajstić information content (AvgIpc) is 2.87. The van der Waals surface area contributed by atoms with Crippen LogP contribution in [0.4, 0.5) is 8.78 Å². The molecule has 1 aliphatic rings. The molecule has 1 aliphatic heterocycles. The second-order valence-electron chi connectivity index (χ2n) is 6.23. The summed E-state index contributed by atoms with van der Waals surface area (Å²) in [6.07, 6.45) is -1.69. The first kappa shape index (κ1) is 17.8. The van der Waals surface area contributed by atoms with Crippen molar-refractivity contribution in [3.63, 3.8) is 0 Å². The van der Waals surface area contributed by atoms with Crippen LogP contribution in [0, 0.1) is 0 Å². The minimum absolute atomic E-state index is 0.287. The van der Waals surface area contributed by atoms with Crippen molar-refractivity contribution in [2.45, 2.75) is 32.4 Å². The van der Waals surface area contributed by atoms with Gasteiger partial charge in [0.15, 0.2) is 0 Å². The number of benzene rings is 1. The van der Waals surface area contributed by atoms with Crippen LogP contribution in [-0.4, -0.2) is 62.0 Å².